The summed E-state index contributed by atoms with van der Waals surface area (Å²) in [6, 6.07) is 4.11. The molecule has 4 nitrogen and oxygen atoms in total. The molecule has 1 aromatic carbocycles. The molecular weight excluding hydrogens is 223 g/mol. The summed E-state index contributed by atoms with van der Waals surface area (Å²) >= 11 is 0. The molecule has 1 aliphatic heterocycles. The summed E-state index contributed by atoms with van der Waals surface area (Å²) in [4.78, 5) is 22.7. The van der Waals surface area contributed by atoms with Crippen LogP contribution >= 0.6 is 0 Å². The van der Waals surface area contributed by atoms with Crippen molar-refractivity contribution < 1.29 is 14.0 Å². The number of hydrogen-bond donors (Lipinski definition) is 2. The minimum atomic E-state index is -0.551. The Balaban J connectivity index is 2.09. The Labute approximate surface area is 98.2 Å². The van der Waals surface area contributed by atoms with Gasteiger partial charge in [0.05, 0.1) is 11.6 Å². The normalized spacial score (nSPS) is 18.9. The van der Waals surface area contributed by atoms with Gasteiger partial charge in [0.15, 0.2) is 0 Å². The summed E-state index contributed by atoms with van der Waals surface area (Å²) in [6.45, 7) is 2.19. The molecule has 0 aliphatic carbocycles. The van der Waals surface area contributed by atoms with Gasteiger partial charge in [0, 0.05) is 13.0 Å². The highest BCUT2D eigenvalue weighted by molar-refractivity contribution is 5.95. The van der Waals surface area contributed by atoms with Crippen LogP contribution in [-0.2, 0) is 4.79 Å². The van der Waals surface area contributed by atoms with Gasteiger partial charge in [0.2, 0.25) is 5.91 Å². The third-order valence-electron chi connectivity index (χ3n) is 2.68. The maximum Gasteiger partial charge on any atom is 0.254 e. The Kier molecular flexibility index (Phi) is 3.08. The number of rotatable bonds is 2. The van der Waals surface area contributed by atoms with E-state index in [1.165, 1.54) is 12.1 Å². The first-order valence-corrected chi connectivity index (χ1v) is 5.40. The molecule has 5 heteroatoms. The summed E-state index contributed by atoms with van der Waals surface area (Å²) in [5, 5.41) is 5.24. The highest BCUT2D eigenvalue weighted by atomic mass is 19.1. The standard InChI is InChI=1S/C12H13FN2O2/c1-7-2-3-10(13)9(4-7)12(17)15-8-5-11(16)14-6-8/h2-4,8H,5-6H2,1H3,(H,14,16)(H,15,17). The van der Waals surface area contributed by atoms with Gasteiger partial charge in [0.25, 0.3) is 5.91 Å². The summed E-state index contributed by atoms with van der Waals surface area (Å²) in [5.41, 5.74) is 0.835. The van der Waals surface area contributed by atoms with Gasteiger partial charge in [-0.25, -0.2) is 4.39 Å². The van der Waals surface area contributed by atoms with E-state index in [0.717, 1.165) is 5.56 Å². The Hall–Kier alpha value is -1.91. The van der Waals surface area contributed by atoms with Gasteiger partial charge in [-0.3, -0.25) is 9.59 Å². The van der Waals surface area contributed by atoms with Gasteiger partial charge >= 0.3 is 0 Å². The predicted octanol–water partition coefficient (Wildman–Crippen LogP) is 0.752. The maximum atomic E-state index is 13.4. The molecule has 1 atom stereocenters. The van der Waals surface area contributed by atoms with E-state index in [2.05, 4.69) is 10.6 Å². The van der Waals surface area contributed by atoms with Gasteiger partial charge < -0.3 is 10.6 Å². The van der Waals surface area contributed by atoms with Crippen LogP contribution in [0.5, 0.6) is 0 Å². The van der Waals surface area contributed by atoms with Gasteiger partial charge in [-0.15, -0.1) is 0 Å². The van der Waals surface area contributed by atoms with E-state index in [1.807, 2.05) is 0 Å². The first-order valence-electron chi connectivity index (χ1n) is 5.40. The second-order valence-electron chi connectivity index (χ2n) is 4.16. The summed E-state index contributed by atoms with van der Waals surface area (Å²) in [5.74, 6) is -1.13. The third-order valence-corrected chi connectivity index (χ3v) is 2.68. The van der Waals surface area contributed by atoms with Crippen molar-refractivity contribution in [1.82, 2.24) is 10.6 Å². The highest BCUT2D eigenvalue weighted by Crippen LogP contribution is 2.11. The molecule has 17 heavy (non-hydrogen) atoms. The zero-order valence-corrected chi connectivity index (χ0v) is 9.42. The van der Waals surface area contributed by atoms with Crippen molar-refractivity contribution in [3.63, 3.8) is 0 Å². The van der Waals surface area contributed by atoms with Crippen LogP contribution in [0.4, 0.5) is 4.39 Å². The maximum absolute atomic E-state index is 13.4. The fourth-order valence-electron chi connectivity index (χ4n) is 1.78. The molecule has 2 rings (SSSR count). The highest BCUT2D eigenvalue weighted by Gasteiger charge is 2.24. The van der Waals surface area contributed by atoms with Crippen LogP contribution in [0.2, 0.25) is 0 Å². The molecule has 1 aromatic rings. The molecule has 90 valence electrons. The molecule has 1 aliphatic rings. The first-order chi connectivity index (χ1) is 8.06. The van der Waals surface area contributed by atoms with Crippen LogP contribution < -0.4 is 10.6 Å². The van der Waals surface area contributed by atoms with E-state index in [9.17, 15) is 14.0 Å². The lowest BCUT2D eigenvalue weighted by molar-refractivity contribution is -0.119. The molecule has 0 bridgehead atoms. The van der Waals surface area contributed by atoms with E-state index < -0.39 is 11.7 Å². The summed E-state index contributed by atoms with van der Waals surface area (Å²) < 4.78 is 13.4. The number of carbonyl (C=O) groups excluding carboxylic acids is 2. The molecule has 2 amide bonds. The van der Waals surface area contributed by atoms with Gasteiger partial charge in [-0.05, 0) is 19.1 Å². The van der Waals surface area contributed by atoms with Crippen LogP contribution in [-0.4, -0.2) is 24.4 Å². The molecule has 1 fully saturated rings. The van der Waals surface area contributed by atoms with Crippen LogP contribution in [0.25, 0.3) is 0 Å². The second kappa shape index (κ2) is 4.53. The number of nitrogens with one attached hydrogen (secondary N) is 2. The number of aryl methyl sites for hydroxylation is 1. The molecule has 1 saturated heterocycles. The van der Waals surface area contributed by atoms with Crippen LogP contribution in [0, 0.1) is 12.7 Å². The van der Waals surface area contributed by atoms with Gasteiger partial charge in [0.1, 0.15) is 5.82 Å². The predicted molar refractivity (Wildman–Crippen MR) is 60.0 cm³/mol. The van der Waals surface area contributed by atoms with Gasteiger partial charge in [-0.1, -0.05) is 11.6 Å². The van der Waals surface area contributed by atoms with E-state index in [0.29, 0.717) is 6.54 Å². The number of hydrogen-bond acceptors (Lipinski definition) is 2. The molecule has 0 aromatic heterocycles. The zero-order valence-electron chi connectivity index (χ0n) is 9.42. The average molecular weight is 236 g/mol. The largest absolute Gasteiger partial charge is 0.354 e. The molecule has 0 saturated carbocycles. The van der Waals surface area contributed by atoms with Crippen molar-refractivity contribution in [3.8, 4) is 0 Å². The Morgan fingerprint density at radius 3 is 2.94 bits per heavy atom. The number of benzene rings is 1. The first kappa shape index (κ1) is 11.6. The lowest BCUT2D eigenvalue weighted by atomic mass is 10.1. The molecule has 1 unspecified atom stereocenters. The Morgan fingerprint density at radius 1 is 1.53 bits per heavy atom. The minimum Gasteiger partial charge on any atom is -0.354 e. The van der Waals surface area contributed by atoms with Crippen molar-refractivity contribution in [1.29, 1.82) is 0 Å². The third kappa shape index (κ3) is 2.61. The molecule has 0 radical (unpaired) electrons. The monoisotopic (exact) mass is 236 g/mol. The van der Waals surface area contributed by atoms with Crippen LogP contribution in [0.3, 0.4) is 0 Å². The molecular formula is C12H13FN2O2. The second-order valence-corrected chi connectivity index (χ2v) is 4.16. The Morgan fingerprint density at radius 2 is 2.29 bits per heavy atom. The topological polar surface area (TPSA) is 58.2 Å². The zero-order chi connectivity index (χ0) is 12.4. The van der Waals surface area contributed by atoms with Crippen LogP contribution in [0.1, 0.15) is 22.3 Å². The lowest BCUT2D eigenvalue weighted by Crippen LogP contribution is -2.36. The van der Waals surface area contributed by atoms with Crippen molar-refractivity contribution in [2.45, 2.75) is 19.4 Å². The number of carbonyl (C=O) groups is 2. The number of halogens is 1. The number of amides is 2. The van der Waals surface area contributed by atoms with Crippen molar-refractivity contribution in [2.24, 2.45) is 0 Å². The van der Waals surface area contributed by atoms with Crippen LogP contribution in [0.15, 0.2) is 18.2 Å². The van der Waals surface area contributed by atoms with Crippen molar-refractivity contribution in [3.05, 3.63) is 35.1 Å². The smallest absolute Gasteiger partial charge is 0.254 e. The van der Waals surface area contributed by atoms with E-state index in [4.69, 9.17) is 0 Å². The average Bonchev–Trinajstić information content (AvgIpc) is 2.67. The van der Waals surface area contributed by atoms with Crippen molar-refractivity contribution in [2.75, 3.05) is 6.54 Å². The summed E-state index contributed by atoms with van der Waals surface area (Å²) in [6.07, 6.45) is 0.249. The van der Waals surface area contributed by atoms with E-state index in [-0.39, 0.29) is 23.9 Å². The van der Waals surface area contributed by atoms with E-state index >= 15 is 0 Å². The fourth-order valence-corrected chi connectivity index (χ4v) is 1.78. The van der Waals surface area contributed by atoms with Gasteiger partial charge in [-0.2, -0.15) is 0 Å². The summed E-state index contributed by atoms with van der Waals surface area (Å²) in [7, 11) is 0. The van der Waals surface area contributed by atoms with Crippen molar-refractivity contribution >= 4 is 11.8 Å². The SMILES string of the molecule is Cc1ccc(F)c(C(=O)NC2CNC(=O)C2)c1. The molecule has 2 N–H and O–H groups in total. The molecule has 0 spiro atoms. The quantitative estimate of drug-likeness (QED) is 0.796. The lowest BCUT2D eigenvalue weighted by Gasteiger charge is -2.11. The Bertz CT molecular complexity index is 474. The molecule has 1 heterocycles. The fraction of sp³-hybridized carbons (Fsp3) is 0.333. The minimum absolute atomic E-state index is 0.0179. The van der Waals surface area contributed by atoms with E-state index in [1.54, 1.807) is 13.0 Å².